The molecule has 0 aromatic carbocycles. The molecule has 0 heterocycles. The third kappa shape index (κ3) is 4.30. The molecule has 0 aliphatic heterocycles. The third-order valence-corrected chi connectivity index (χ3v) is 1.21. The van der Waals surface area contributed by atoms with Crippen LogP contribution in [0.5, 0.6) is 0 Å². The first-order valence-corrected chi connectivity index (χ1v) is 3.32. The lowest BCUT2D eigenvalue weighted by Crippen LogP contribution is -2.21. The lowest BCUT2D eigenvalue weighted by Gasteiger charge is -2.09. The molecule has 0 radical (unpaired) electrons. The van der Waals surface area contributed by atoms with E-state index < -0.39 is 12.2 Å². The van der Waals surface area contributed by atoms with Crippen LogP contribution in [0.3, 0.4) is 0 Å². The highest BCUT2D eigenvalue weighted by Crippen LogP contribution is 1.98. The molecule has 2 unspecified atom stereocenters. The van der Waals surface area contributed by atoms with Crippen LogP contribution in [0.25, 0.3) is 0 Å². The monoisotopic (exact) mass is 142 g/mol. The van der Waals surface area contributed by atoms with Gasteiger partial charge in [0.05, 0.1) is 12.2 Å². The van der Waals surface area contributed by atoms with E-state index in [9.17, 15) is 0 Å². The number of hydrogen-bond acceptors (Lipinski definition) is 2. The van der Waals surface area contributed by atoms with Gasteiger partial charge >= 0.3 is 0 Å². The quantitative estimate of drug-likeness (QED) is 0.571. The van der Waals surface area contributed by atoms with Gasteiger partial charge in [-0.1, -0.05) is 24.8 Å². The molecule has 2 atom stereocenters. The van der Waals surface area contributed by atoms with Gasteiger partial charge in [-0.15, -0.1) is 0 Å². The first kappa shape index (κ1) is 9.40. The van der Waals surface area contributed by atoms with Gasteiger partial charge in [0.25, 0.3) is 0 Å². The summed E-state index contributed by atoms with van der Waals surface area (Å²) in [6, 6.07) is 0. The molecule has 2 heteroatoms. The Morgan fingerprint density at radius 1 is 1.50 bits per heavy atom. The maximum atomic E-state index is 9.02. The van der Waals surface area contributed by atoms with Gasteiger partial charge in [0, 0.05) is 0 Å². The van der Waals surface area contributed by atoms with E-state index in [1.807, 2.05) is 0 Å². The maximum Gasteiger partial charge on any atom is 0.0830 e. The van der Waals surface area contributed by atoms with Gasteiger partial charge in [0.1, 0.15) is 0 Å². The predicted molar refractivity (Wildman–Crippen MR) is 41.6 cm³/mol. The van der Waals surface area contributed by atoms with Gasteiger partial charge in [-0.25, -0.2) is 0 Å². The topological polar surface area (TPSA) is 40.5 Å². The summed E-state index contributed by atoms with van der Waals surface area (Å²) in [6.45, 7) is 5.03. The molecule has 0 aromatic rings. The Bertz CT molecular complexity index is 116. The first-order chi connectivity index (χ1) is 4.68. The predicted octanol–water partition coefficient (Wildman–Crippen LogP) is 0.860. The van der Waals surface area contributed by atoms with E-state index in [1.165, 1.54) is 0 Å². The highest BCUT2D eigenvalue weighted by Gasteiger charge is 2.06. The summed E-state index contributed by atoms with van der Waals surface area (Å²) in [5.41, 5.74) is 0. The molecule has 0 saturated carbocycles. The molecule has 0 aromatic heterocycles. The van der Waals surface area contributed by atoms with E-state index in [1.54, 1.807) is 25.2 Å². The minimum absolute atomic E-state index is 0.476. The van der Waals surface area contributed by atoms with Gasteiger partial charge in [0.15, 0.2) is 0 Å². The number of rotatable bonds is 4. The van der Waals surface area contributed by atoms with Crippen LogP contribution < -0.4 is 0 Å². The van der Waals surface area contributed by atoms with Crippen molar-refractivity contribution >= 4 is 0 Å². The zero-order valence-electron chi connectivity index (χ0n) is 6.20. The van der Waals surface area contributed by atoms with E-state index in [0.717, 1.165) is 0 Å². The van der Waals surface area contributed by atoms with Crippen molar-refractivity contribution in [2.75, 3.05) is 0 Å². The largest absolute Gasteiger partial charge is 0.391 e. The van der Waals surface area contributed by atoms with Crippen LogP contribution in [0.4, 0.5) is 0 Å². The number of allylic oxidation sites excluding steroid dienone is 2. The van der Waals surface area contributed by atoms with Crippen LogP contribution in [0, 0.1) is 0 Å². The van der Waals surface area contributed by atoms with Gasteiger partial charge in [-0.3, -0.25) is 0 Å². The average Bonchev–Trinajstić information content (AvgIpc) is 1.88. The lowest BCUT2D eigenvalue weighted by atomic mass is 10.1. The summed E-state index contributed by atoms with van der Waals surface area (Å²) in [5, 5.41) is 17.8. The molecule has 2 nitrogen and oxygen atoms in total. The Hall–Kier alpha value is -0.600. The standard InChI is InChI=1S/C8H14O2/c1-3-4-5-6-8(10)7(2)9/h3-5,7-10H,1,6H2,2H3. The van der Waals surface area contributed by atoms with Gasteiger partial charge < -0.3 is 10.2 Å². The van der Waals surface area contributed by atoms with Crippen molar-refractivity contribution in [2.45, 2.75) is 25.6 Å². The highest BCUT2D eigenvalue weighted by molar-refractivity contribution is 4.98. The summed E-state index contributed by atoms with van der Waals surface area (Å²) in [7, 11) is 0. The molecule has 0 amide bonds. The van der Waals surface area contributed by atoms with E-state index >= 15 is 0 Å². The smallest absolute Gasteiger partial charge is 0.0830 e. The number of aliphatic hydroxyl groups is 2. The summed E-state index contributed by atoms with van der Waals surface area (Å²) in [4.78, 5) is 0. The Balaban J connectivity index is 3.48. The fourth-order valence-electron chi connectivity index (χ4n) is 0.511. The molecule has 0 rings (SSSR count). The maximum absolute atomic E-state index is 9.02. The van der Waals surface area contributed by atoms with Crippen LogP contribution in [0.1, 0.15) is 13.3 Å². The third-order valence-electron chi connectivity index (χ3n) is 1.21. The van der Waals surface area contributed by atoms with Crippen molar-refractivity contribution in [1.29, 1.82) is 0 Å². The Morgan fingerprint density at radius 2 is 2.10 bits per heavy atom. The van der Waals surface area contributed by atoms with Crippen molar-refractivity contribution in [3.63, 3.8) is 0 Å². The van der Waals surface area contributed by atoms with Crippen LogP contribution in [0.15, 0.2) is 24.8 Å². The van der Waals surface area contributed by atoms with E-state index in [2.05, 4.69) is 6.58 Å². The molecular weight excluding hydrogens is 128 g/mol. The molecular formula is C8H14O2. The molecule has 2 N–H and O–H groups in total. The second-order valence-corrected chi connectivity index (χ2v) is 2.21. The zero-order valence-corrected chi connectivity index (χ0v) is 6.20. The average molecular weight is 142 g/mol. The second-order valence-electron chi connectivity index (χ2n) is 2.21. The fourth-order valence-corrected chi connectivity index (χ4v) is 0.511. The van der Waals surface area contributed by atoms with Crippen molar-refractivity contribution in [2.24, 2.45) is 0 Å². The lowest BCUT2D eigenvalue weighted by molar-refractivity contribution is 0.0336. The zero-order chi connectivity index (χ0) is 7.98. The normalized spacial score (nSPS) is 17.1. The van der Waals surface area contributed by atoms with Crippen LogP contribution in [-0.2, 0) is 0 Å². The first-order valence-electron chi connectivity index (χ1n) is 3.32. The molecule has 0 aliphatic rings. The molecule has 0 bridgehead atoms. The fraction of sp³-hybridized carbons (Fsp3) is 0.500. The molecule has 0 saturated heterocycles. The number of hydrogen-bond donors (Lipinski definition) is 2. The van der Waals surface area contributed by atoms with Crippen LogP contribution in [0.2, 0.25) is 0 Å². The Kier molecular flexibility index (Phi) is 4.89. The Morgan fingerprint density at radius 3 is 2.50 bits per heavy atom. The van der Waals surface area contributed by atoms with Gasteiger partial charge in [0.2, 0.25) is 0 Å². The second kappa shape index (κ2) is 5.21. The SMILES string of the molecule is C=CC=CCC(O)C(C)O. The van der Waals surface area contributed by atoms with E-state index in [-0.39, 0.29) is 0 Å². The molecule has 58 valence electrons. The number of aliphatic hydroxyl groups excluding tert-OH is 2. The minimum atomic E-state index is -0.658. The van der Waals surface area contributed by atoms with Crippen molar-refractivity contribution < 1.29 is 10.2 Å². The molecule has 0 spiro atoms. The minimum Gasteiger partial charge on any atom is -0.391 e. The van der Waals surface area contributed by atoms with Crippen LogP contribution in [-0.4, -0.2) is 22.4 Å². The Labute approximate surface area is 61.5 Å². The van der Waals surface area contributed by atoms with Crippen molar-refractivity contribution in [3.8, 4) is 0 Å². The van der Waals surface area contributed by atoms with Gasteiger partial charge in [-0.2, -0.15) is 0 Å². The van der Waals surface area contributed by atoms with E-state index in [0.29, 0.717) is 6.42 Å². The van der Waals surface area contributed by atoms with Crippen molar-refractivity contribution in [1.82, 2.24) is 0 Å². The van der Waals surface area contributed by atoms with Gasteiger partial charge in [-0.05, 0) is 13.3 Å². The van der Waals surface area contributed by atoms with Crippen LogP contribution >= 0.6 is 0 Å². The highest BCUT2D eigenvalue weighted by atomic mass is 16.3. The summed E-state index contributed by atoms with van der Waals surface area (Å²) in [6.07, 6.45) is 4.31. The summed E-state index contributed by atoms with van der Waals surface area (Å²) < 4.78 is 0. The summed E-state index contributed by atoms with van der Waals surface area (Å²) >= 11 is 0. The molecule has 0 fully saturated rings. The van der Waals surface area contributed by atoms with Crippen molar-refractivity contribution in [3.05, 3.63) is 24.8 Å². The molecule has 10 heavy (non-hydrogen) atoms. The molecule has 0 aliphatic carbocycles. The van der Waals surface area contributed by atoms with E-state index in [4.69, 9.17) is 10.2 Å². The summed E-state index contributed by atoms with van der Waals surface area (Å²) in [5.74, 6) is 0.